The SMILES string of the molecule is C[C@H](OC(=O)CN1C(=O)N[C@]2(CCOc3ccccc32)C1=O)C(=O)NC(C)(C)C. The van der Waals surface area contributed by atoms with E-state index in [0.29, 0.717) is 11.3 Å². The summed E-state index contributed by atoms with van der Waals surface area (Å²) in [5.41, 5.74) is -1.19. The van der Waals surface area contributed by atoms with Crippen LogP contribution in [0.25, 0.3) is 0 Å². The zero-order chi connectivity index (χ0) is 21.4. The summed E-state index contributed by atoms with van der Waals surface area (Å²) in [7, 11) is 0. The van der Waals surface area contributed by atoms with Crippen molar-refractivity contribution in [2.75, 3.05) is 13.2 Å². The van der Waals surface area contributed by atoms with Gasteiger partial charge in [-0.3, -0.25) is 19.3 Å². The van der Waals surface area contributed by atoms with Crippen molar-refractivity contribution in [3.63, 3.8) is 0 Å². The molecule has 2 aliphatic heterocycles. The summed E-state index contributed by atoms with van der Waals surface area (Å²) in [5, 5.41) is 5.41. The number of carbonyl (C=O) groups excluding carboxylic acids is 4. The third kappa shape index (κ3) is 4.03. The van der Waals surface area contributed by atoms with Gasteiger partial charge in [-0.1, -0.05) is 18.2 Å². The highest BCUT2D eigenvalue weighted by Gasteiger charge is 2.55. The standard InChI is InChI=1S/C20H25N3O6/c1-12(16(25)21-19(2,3)4)29-15(24)11-23-17(26)20(22-18(23)27)9-10-28-14-8-6-5-7-13(14)20/h5-8,12H,9-11H2,1-4H3,(H,21,25)(H,22,27)/t12-,20-/m0/s1. The van der Waals surface area contributed by atoms with E-state index in [1.165, 1.54) is 6.92 Å². The first-order chi connectivity index (χ1) is 13.5. The van der Waals surface area contributed by atoms with E-state index in [1.54, 1.807) is 45.0 Å². The molecule has 2 N–H and O–H groups in total. The third-order valence-corrected chi connectivity index (χ3v) is 4.72. The van der Waals surface area contributed by atoms with Crippen molar-refractivity contribution in [1.82, 2.24) is 15.5 Å². The van der Waals surface area contributed by atoms with Gasteiger partial charge in [0.25, 0.3) is 11.8 Å². The number of fused-ring (bicyclic) bond motifs is 2. The minimum absolute atomic E-state index is 0.254. The van der Waals surface area contributed by atoms with Crippen LogP contribution in [0.2, 0.25) is 0 Å². The van der Waals surface area contributed by atoms with Crippen LogP contribution in [0.15, 0.2) is 24.3 Å². The molecule has 0 bridgehead atoms. The number of ether oxygens (including phenoxy) is 2. The van der Waals surface area contributed by atoms with Crippen molar-refractivity contribution in [2.24, 2.45) is 0 Å². The molecule has 1 fully saturated rings. The lowest BCUT2D eigenvalue weighted by atomic mass is 9.84. The van der Waals surface area contributed by atoms with Crippen molar-refractivity contribution in [2.45, 2.75) is 51.3 Å². The van der Waals surface area contributed by atoms with Crippen LogP contribution >= 0.6 is 0 Å². The number of carbonyl (C=O) groups is 4. The fraction of sp³-hybridized carbons (Fsp3) is 0.500. The summed E-state index contributed by atoms with van der Waals surface area (Å²) in [4.78, 5) is 50.8. The summed E-state index contributed by atoms with van der Waals surface area (Å²) in [6, 6.07) is 6.28. The smallest absolute Gasteiger partial charge is 0.327 e. The monoisotopic (exact) mass is 403 g/mol. The van der Waals surface area contributed by atoms with E-state index in [2.05, 4.69) is 10.6 Å². The maximum Gasteiger partial charge on any atom is 0.327 e. The number of nitrogens with zero attached hydrogens (tertiary/aromatic N) is 1. The molecule has 2 aliphatic rings. The number of para-hydroxylation sites is 1. The Hall–Kier alpha value is -3.10. The lowest BCUT2D eigenvalue weighted by molar-refractivity contribution is -0.157. The predicted octanol–water partition coefficient (Wildman–Crippen LogP) is 1.06. The zero-order valence-electron chi connectivity index (χ0n) is 16.9. The normalized spacial score (nSPS) is 21.9. The zero-order valence-corrected chi connectivity index (χ0v) is 16.9. The Kier molecular flexibility index (Phi) is 5.25. The second kappa shape index (κ2) is 7.38. The van der Waals surface area contributed by atoms with Gasteiger partial charge in [0.1, 0.15) is 12.3 Å². The topological polar surface area (TPSA) is 114 Å². The molecular formula is C20H25N3O6. The first-order valence-electron chi connectivity index (χ1n) is 9.41. The van der Waals surface area contributed by atoms with Crippen LogP contribution in [0.3, 0.4) is 0 Å². The Bertz CT molecular complexity index is 862. The maximum absolute atomic E-state index is 13.1. The second-order valence-corrected chi connectivity index (χ2v) is 8.19. The van der Waals surface area contributed by atoms with Gasteiger partial charge in [0.2, 0.25) is 0 Å². The van der Waals surface area contributed by atoms with Gasteiger partial charge in [-0.15, -0.1) is 0 Å². The van der Waals surface area contributed by atoms with E-state index in [9.17, 15) is 19.2 Å². The molecule has 1 aromatic carbocycles. The van der Waals surface area contributed by atoms with Gasteiger partial charge >= 0.3 is 12.0 Å². The van der Waals surface area contributed by atoms with E-state index in [1.807, 2.05) is 0 Å². The second-order valence-electron chi connectivity index (χ2n) is 8.19. The Morgan fingerprint density at radius 1 is 1.31 bits per heavy atom. The molecule has 1 saturated heterocycles. The van der Waals surface area contributed by atoms with Crippen molar-refractivity contribution in [3.05, 3.63) is 29.8 Å². The Morgan fingerprint density at radius 2 is 2.00 bits per heavy atom. The molecule has 29 heavy (non-hydrogen) atoms. The van der Waals surface area contributed by atoms with Crippen molar-refractivity contribution in [3.8, 4) is 5.75 Å². The number of amides is 4. The molecule has 9 nitrogen and oxygen atoms in total. The molecule has 1 spiro atoms. The Labute approximate surface area is 168 Å². The summed E-state index contributed by atoms with van der Waals surface area (Å²) < 4.78 is 10.7. The Morgan fingerprint density at radius 3 is 2.69 bits per heavy atom. The van der Waals surface area contributed by atoms with Crippen LogP contribution in [0.1, 0.15) is 39.7 Å². The molecule has 2 atom stereocenters. The van der Waals surface area contributed by atoms with Gasteiger partial charge in [0, 0.05) is 17.5 Å². The quantitative estimate of drug-likeness (QED) is 0.574. The molecule has 156 valence electrons. The fourth-order valence-corrected chi connectivity index (χ4v) is 3.40. The number of imide groups is 1. The molecule has 0 aliphatic carbocycles. The van der Waals surface area contributed by atoms with Crippen LogP contribution in [0, 0.1) is 0 Å². The number of hydrogen-bond donors (Lipinski definition) is 2. The van der Waals surface area contributed by atoms with Gasteiger partial charge in [0.05, 0.1) is 6.61 Å². The summed E-state index contributed by atoms with van der Waals surface area (Å²) >= 11 is 0. The average molecular weight is 403 g/mol. The van der Waals surface area contributed by atoms with Gasteiger partial charge in [0.15, 0.2) is 11.6 Å². The Balaban J connectivity index is 1.70. The van der Waals surface area contributed by atoms with Crippen LogP contribution in [-0.4, -0.2) is 53.5 Å². The van der Waals surface area contributed by atoms with Crippen LogP contribution in [0.4, 0.5) is 4.79 Å². The van der Waals surface area contributed by atoms with Gasteiger partial charge in [-0.25, -0.2) is 4.79 Å². The minimum atomic E-state index is -1.26. The van der Waals surface area contributed by atoms with Gasteiger partial charge in [-0.2, -0.15) is 0 Å². The van der Waals surface area contributed by atoms with E-state index in [-0.39, 0.29) is 13.0 Å². The number of benzene rings is 1. The highest BCUT2D eigenvalue weighted by Crippen LogP contribution is 2.40. The molecule has 9 heteroatoms. The molecule has 0 saturated carbocycles. The lowest BCUT2D eigenvalue weighted by Crippen LogP contribution is -2.48. The first kappa shape index (κ1) is 20.6. The summed E-state index contributed by atoms with van der Waals surface area (Å²) in [6.45, 7) is 6.52. The van der Waals surface area contributed by atoms with Gasteiger partial charge < -0.3 is 20.1 Å². The summed E-state index contributed by atoms with van der Waals surface area (Å²) in [5.74, 6) is -1.33. The van der Waals surface area contributed by atoms with E-state index in [0.717, 1.165) is 4.90 Å². The molecule has 0 unspecified atom stereocenters. The molecule has 1 aromatic rings. The van der Waals surface area contributed by atoms with Crippen LogP contribution in [0.5, 0.6) is 5.75 Å². The molecular weight excluding hydrogens is 378 g/mol. The minimum Gasteiger partial charge on any atom is -0.493 e. The maximum atomic E-state index is 13.1. The first-order valence-corrected chi connectivity index (χ1v) is 9.41. The van der Waals surface area contributed by atoms with E-state index in [4.69, 9.17) is 9.47 Å². The van der Waals surface area contributed by atoms with E-state index >= 15 is 0 Å². The fourth-order valence-electron chi connectivity index (χ4n) is 3.40. The molecule has 3 rings (SSSR count). The highest BCUT2D eigenvalue weighted by atomic mass is 16.5. The molecule has 0 radical (unpaired) electrons. The van der Waals surface area contributed by atoms with Gasteiger partial charge in [-0.05, 0) is 33.8 Å². The summed E-state index contributed by atoms with van der Waals surface area (Å²) in [6.07, 6.45) is -0.801. The number of rotatable bonds is 4. The highest BCUT2D eigenvalue weighted by molar-refractivity contribution is 6.09. The number of esters is 1. The van der Waals surface area contributed by atoms with Crippen LogP contribution < -0.4 is 15.4 Å². The van der Waals surface area contributed by atoms with Crippen molar-refractivity contribution < 1.29 is 28.7 Å². The van der Waals surface area contributed by atoms with Crippen LogP contribution in [-0.2, 0) is 24.7 Å². The van der Waals surface area contributed by atoms with Crippen molar-refractivity contribution in [1.29, 1.82) is 0 Å². The largest absolute Gasteiger partial charge is 0.493 e. The van der Waals surface area contributed by atoms with E-state index < -0.39 is 47.5 Å². The molecule has 4 amide bonds. The lowest BCUT2D eigenvalue weighted by Gasteiger charge is -2.33. The third-order valence-electron chi connectivity index (χ3n) is 4.72. The number of nitrogens with one attached hydrogen (secondary N) is 2. The molecule has 2 heterocycles. The number of urea groups is 1. The molecule has 0 aromatic heterocycles. The number of hydrogen-bond acceptors (Lipinski definition) is 6. The van der Waals surface area contributed by atoms with Crippen molar-refractivity contribution >= 4 is 23.8 Å². The predicted molar refractivity (Wildman–Crippen MR) is 102 cm³/mol. The average Bonchev–Trinajstić information content (AvgIpc) is 2.85.